The first-order valence-corrected chi connectivity index (χ1v) is 13.0. The summed E-state index contributed by atoms with van der Waals surface area (Å²) in [5.74, 6) is -1.45. The summed E-state index contributed by atoms with van der Waals surface area (Å²) >= 11 is 6.94. The number of hydrogen-bond donors (Lipinski definition) is 4. The van der Waals surface area contributed by atoms with Crippen LogP contribution < -0.4 is 11.5 Å². The van der Waals surface area contributed by atoms with Crippen LogP contribution in [0.25, 0.3) is 21.8 Å². The molecule has 0 aliphatic rings. The second-order valence-corrected chi connectivity index (χ2v) is 10.2. The molecule has 2 aromatic carbocycles. The summed E-state index contributed by atoms with van der Waals surface area (Å²) in [4.78, 5) is 30.5. The van der Waals surface area contributed by atoms with Crippen LogP contribution in [0.4, 0.5) is 0 Å². The van der Waals surface area contributed by atoms with Crippen molar-refractivity contribution in [2.45, 2.75) is 38.1 Å². The number of aromatic nitrogens is 2. The van der Waals surface area contributed by atoms with Crippen LogP contribution >= 0.6 is 31.9 Å². The Hall–Kier alpha value is -2.92. The highest BCUT2D eigenvalue weighted by molar-refractivity contribution is 9.10. The number of esters is 2. The minimum Gasteiger partial charge on any atom is -0.444 e. The molecule has 36 heavy (non-hydrogen) atoms. The number of H-pyrrole nitrogens is 2. The van der Waals surface area contributed by atoms with Crippen molar-refractivity contribution in [1.82, 2.24) is 9.97 Å². The van der Waals surface area contributed by atoms with Crippen LogP contribution in [0.3, 0.4) is 0 Å². The lowest BCUT2D eigenvalue weighted by Crippen LogP contribution is -2.28. The number of ether oxygens (including phenoxy) is 2. The minimum absolute atomic E-state index is 0.429. The molecule has 4 rings (SSSR count). The van der Waals surface area contributed by atoms with Crippen LogP contribution in [-0.2, 0) is 31.9 Å². The van der Waals surface area contributed by atoms with E-state index < -0.39 is 24.4 Å². The van der Waals surface area contributed by atoms with Crippen molar-refractivity contribution in [3.05, 3.63) is 81.0 Å². The maximum Gasteiger partial charge on any atom is 0.332 e. The van der Waals surface area contributed by atoms with Crippen molar-refractivity contribution in [2.24, 2.45) is 11.5 Å². The summed E-state index contributed by atoms with van der Waals surface area (Å²) < 4.78 is 12.3. The molecular formula is C26H26Br2N4O4. The standard InChI is InChI=1S/C26H26Br2N4O4/c27-17-3-5-21-19(11-17)15(13-31-21)1-7-23(29)35-25(33)9-10-26(34)36-24(30)8-2-16-14-32-22-6-4-18(28)12-20(16)22/h3-6,9-14,23-24,31-32H,1-2,7-8,29-30H2/b10-9+. The Bertz CT molecular complexity index is 1310. The first-order valence-electron chi connectivity index (χ1n) is 11.4. The van der Waals surface area contributed by atoms with Crippen molar-refractivity contribution >= 4 is 65.6 Å². The van der Waals surface area contributed by atoms with Gasteiger partial charge in [0, 0.05) is 68.1 Å². The summed E-state index contributed by atoms with van der Waals surface area (Å²) in [6.45, 7) is 0. The number of benzene rings is 2. The van der Waals surface area contributed by atoms with Gasteiger partial charge in [-0.3, -0.25) is 11.5 Å². The van der Waals surface area contributed by atoms with E-state index >= 15 is 0 Å². The van der Waals surface area contributed by atoms with Gasteiger partial charge in [-0.05, 0) is 60.4 Å². The van der Waals surface area contributed by atoms with Crippen molar-refractivity contribution in [3.8, 4) is 0 Å². The Morgan fingerprint density at radius 1 is 0.778 bits per heavy atom. The molecule has 2 aromatic heterocycles. The van der Waals surface area contributed by atoms with Gasteiger partial charge >= 0.3 is 11.9 Å². The lowest BCUT2D eigenvalue weighted by molar-refractivity contribution is -0.145. The van der Waals surface area contributed by atoms with E-state index in [1.165, 1.54) is 0 Å². The third-order valence-electron chi connectivity index (χ3n) is 5.75. The molecule has 0 saturated carbocycles. The smallest absolute Gasteiger partial charge is 0.332 e. The number of rotatable bonds is 10. The lowest BCUT2D eigenvalue weighted by atomic mass is 10.1. The Balaban J connectivity index is 1.19. The van der Waals surface area contributed by atoms with Crippen molar-refractivity contribution < 1.29 is 19.1 Å². The summed E-state index contributed by atoms with van der Waals surface area (Å²) in [5, 5.41) is 2.17. The Kier molecular flexibility index (Phi) is 8.63. The van der Waals surface area contributed by atoms with Gasteiger partial charge in [0.25, 0.3) is 0 Å². The Labute approximate surface area is 224 Å². The van der Waals surface area contributed by atoms with Crippen molar-refractivity contribution in [2.75, 3.05) is 0 Å². The Morgan fingerprint density at radius 3 is 1.61 bits per heavy atom. The second-order valence-electron chi connectivity index (χ2n) is 8.37. The number of nitrogens with one attached hydrogen (secondary N) is 2. The SMILES string of the molecule is NC(CCc1c[nH]c2ccc(Br)cc12)OC(=O)/C=C/C(=O)OC(N)CCc1c[nH]c2ccc(Br)cc12. The van der Waals surface area contributed by atoms with Gasteiger partial charge in [-0.1, -0.05) is 31.9 Å². The molecule has 0 amide bonds. The van der Waals surface area contributed by atoms with Gasteiger partial charge < -0.3 is 19.4 Å². The van der Waals surface area contributed by atoms with Crippen molar-refractivity contribution in [1.29, 1.82) is 0 Å². The number of aryl methyl sites for hydroxylation is 2. The fourth-order valence-corrected chi connectivity index (χ4v) is 4.66. The molecule has 8 nitrogen and oxygen atoms in total. The van der Waals surface area contributed by atoms with Gasteiger partial charge in [0.2, 0.25) is 0 Å². The molecule has 0 spiro atoms. The fourth-order valence-electron chi connectivity index (χ4n) is 3.94. The molecule has 2 atom stereocenters. The van der Waals surface area contributed by atoms with Gasteiger partial charge in [-0.2, -0.15) is 0 Å². The highest BCUT2D eigenvalue weighted by Gasteiger charge is 2.13. The van der Waals surface area contributed by atoms with Gasteiger partial charge in [0.05, 0.1) is 0 Å². The molecule has 0 saturated heterocycles. The van der Waals surface area contributed by atoms with E-state index in [0.717, 1.165) is 54.0 Å². The molecule has 0 fully saturated rings. The highest BCUT2D eigenvalue weighted by atomic mass is 79.9. The van der Waals surface area contributed by atoms with E-state index in [2.05, 4.69) is 41.8 Å². The molecule has 4 aromatic rings. The summed E-state index contributed by atoms with van der Waals surface area (Å²) in [6.07, 6.45) is 6.31. The van der Waals surface area contributed by atoms with E-state index in [1.807, 2.05) is 48.8 Å². The average molecular weight is 618 g/mol. The normalized spacial score (nSPS) is 13.3. The molecule has 0 aliphatic heterocycles. The number of fused-ring (bicyclic) bond motifs is 2. The quantitative estimate of drug-likeness (QED) is 0.113. The van der Waals surface area contributed by atoms with Gasteiger partial charge in [0.1, 0.15) is 0 Å². The molecule has 6 N–H and O–H groups in total. The average Bonchev–Trinajstić information content (AvgIpc) is 3.43. The third kappa shape index (κ3) is 6.85. The van der Waals surface area contributed by atoms with Crippen molar-refractivity contribution in [3.63, 3.8) is 0 Å². The maximum absolute atomic E-state index is 12.0. The molecular weight excluding hydrogens is 592 g/mol. The zero-order valence-corrected chi connectivity index (χ0v) is 22.5. The van der Waals surface area contributed by atoms with E-state index in [1.54, 1.807) is 0 Å². The zero-order valence-electron chi connectivity index (χ0n) is 19.3. The predicted molar refractivity (Wildman–Crippen MR) is 146 cm³/mol. The number of nitrogens with two attached hydrogens (primary N) is 2. The predicted octanol–water partition coefficient (Wildman–Crippen LogP) is 4.95. The number of carbonyl (C=O) groups excluding carboxylic acids is 2. The fraction of sp³-hybridized carbons (Fsp3) is 0.231. The lowest BCUT2D eigenvalue weighted by Gasteiger charge is -2.12. The molecule has 188 valence electrons. The van der Waals surface area contributed by atoms with E-state index in [0.29, 0.717) is 25.7 Å². The summed E-state index contributed by atoms with van der Waals surface area (Å²) in [5.41, 5.74) is 16.1. The van der Waals surface area contributed by atoms with Crippen LogP contribution in [0.15, 0.2) is 69.9 Å². The van der Waals surface area contributed by atoms with Crippen LogP contribution in [-0.4, -0.2) is 34.4 Å². The number of aromatic amines is 2. The third-order valence-corrected chi connectivity index (χ3v) is 6.73. The summed E-state index contributed by atoms with van der Waals surface area (Å²) in [7, 11) is 0. The van der Waals surface area contributed by atoms with E-state index in [4.69, 9.17) is 20.9 Å². The van der Waals surface area contributed by atoms with Crippen LogP contribution in [0.5, 0.6) is 0 Å². The summed E-state index contributed by atoms with van der Waals surface area (Å²) in [6, 6.07) is 11.9. The molecule has 10 heteroatoms. The van der Waals surface area contributed by atoms with Crippen LogP contribution in [0.1, 0.15) is 24.0 Å². The van der Waals surface area contributed by atoms with Crippen LogP contribution in [0, 0.1) is 0 Å². The minimum atomic E-state index is -0.811. The van der Waals surface area contributed by atoms with Gasteiger partial charge in [0.15, 0.2) is 12.5 Å². The first kappa shape index (κ1) is 26.2. The first-order chi connectivity index (χ1) is 17.3. The topological polar surface area (TPSA) is 136 Å². The monoisotopic (exact) mass is 616 g/mol. The zero-order chi connectivity index (χ0) is 25.7. The molecule has 2 unspecified atom stereocenters. The second kappa shape index (κ2) is 11.9. The van der Waals surface area contributed by atoms with Gasteiger partial charge in [-0.15, -0.1) is 0 Å². The molecule has 0 aliphatic carbocycles. The molecule has 0 radical (unpaired) electrons. The highest BCUT2D eigenvalue weighted by Crippen LogP contribution is 2.25. The van der Waals surface area contributed by atoms with Crippen LogP contribution in [0.2, 0.25) is 0 Å². The van der Waals surface area contributed by atoms with Gasteiger partial charge in [-0.25, -0.2) is 9.59 Å². The number of carbonyl (C=O) groups is 2. The van der Waals surface area contributed by atoms with E-state index in [-0.39, 0.29) is 0 Å². The Morgan fingerprint density at radius 2 is 1.19 bits per heavy atom. The number of halogens is 2. The number of hydrogen-bond acceptors (Lipinski definition) is 6. The largest absolute Gasteiger partial charge is 0.444 e. The molecule has 0 bridgehead atoms. The maximum atomic E-state index is 12.0. The van der Waals surface area contributed by atoms with E-state index in [9.17, 15) is 9.59 Å². The molecule has 2 heterocycles.